The number of hydrogen-bond donors (Lipinski definition) is 4. The molecule has 4 N–H and O–H groups in total. The molecule has 0 bridgehead atoms. The van der Waals surface area contributed by atoms with Crippen LogP contribution in [0, 0.1) is 11.3 Å². The van der Waals surface area contributed by atoms with Gasteiger partial charge in [0.2, 0.25) is 5.91 Å². The Labute approximate surface area is 275 Å². The zero-order valence-corrected chi connectivity index (χ0v) is 28.0. The van der Waals surface area contributed by atoms with Crippen LogP contribution in [0.1, 0.15) is 99.3 Å². The van der Waals surface area contributed by atoms with Crippen molar-refractivity contribution in [1.29, 1.82) is 0 Å². The molecule has 2 atom stereocenters. The van der Waals surface area contributed by atoms with Gasteiger partial charge in [-0.25, -0.2) is 14.4 Å². The van der Waals surface area contributed by atoms with Gasteiger partial charge in [-0.1, -0.05) is 33.8 Å². The summed E-state index contributed by atoms with van der Waals surface area (Å²) in [4.78, 5) is 64.4. The molecule has 1 aliphatic carbocycles. The minimum atomic E-state index is -1.43. The fraction of sp³-hybridized carbons (Fsp3) is 0.382. The zero-order valence-electron chi connectivity index (χ0n) is 26.4. The number of ether oxygens (including phenoxy) is 1. The second kappa shape index (κ2) is 14.5. The summed E-state index contributed by atoms with van der Waals surface area (Å²) < 4.78 is 5.38. The summed E-state index contributed by atoms with van der Waals surface area (Å²) in [6, 6.07) is 10.1. The number of benzene rings is 2. The number of thiophene rings is 1. The van der Waals surface area contributed by atoms with E-state index < -0.39 is 34.6 Å². The van der Waals surface area contributed by atoms with E-state index in [9.17, 15) is 34.2 Å². The Morgan fingerprint density at radius 2 is 1.74 bits per heavy atom. The lowest BCUT2D eigenvalue weighted by Gasteiger charge is -2.33. The van der Waals surface area contributed by atoms with Gasteiger partial charge in [-0.05, 0) is 85.9 Å². The number of fused-ring (bicyclic) bond motifs is 1. The van der Waals surface area contributed by atoms with Gasteiger partial charge >= 0.3 is 17.9 Å². The van der Waals surface area contributed by atoms with Crippen LogP contribution in [0.15, 0.2) is 47.4 Å². The molecule has 0 saturated heterocycles. The van der Waals surface area contributed by atoms with E-state index in [-0.39, 0.29) is 29.1 Å². The first-order chi connectivity index (χ1) is 21.7. The average Bonchev–Trinajstić information content (AvgIpc) is 3.36. The Kier molecular flexibility index (Phi) is 10.9. The Morgan fingerprint density at radius 3 is 2.37 bits per heavy atom. The standard InChI is InChI=1S/C34H38N2O8S2/c1-6-25(29(38)36-30-27(33(43)44-7-2)23-14-12-19(34(3,4)5)16-26(23)46-30)45-21-10-8-9-20(17-21)35-28(37)22-13-11-18(31(39)40)15-24(22)32(41)42/h8-11,13,15,17,19,25H,6-7,12,14,16H2,1-5H3,(H,35,37)(H,36,38)(H,39,40)(H,41,42). The predicted octanol–water partition coefficient (Wildman–Crippen LogP) is 7.23. The molecular weight excluding hydrogens is 629 g/mol. The van der Waals surface area contributed by atoms with Gasteiger partial charge in [0.05, 0.1) is 34.1 Å². The molecular formula is C34H38N2O8S2. The average molecular weight is 667 g/mol. The largest absolute Gasteiger partial charge is 0.478 e. The van der Waals surface area contributed by atoms with Gasteiger partial charge in [0.25, 0.3) is 5.91 Å². The number of aromatic carboxylic acids is 2. The maximum Gasteiger partial charge on any atom is 0.341 e. The molecule has 1 aromatic heterocycles. The summed E-state index contributed by atoms with van der Waals surface area (Å²) in [5, 5.41) is 24.4. The van der Waals surface area contributed by atoms with Crippen LogP contribution >= 0.6 is 23.1 Å². The summed E-state index contributed by atoms with van der Waals surface area (Å²) in [6.45, 7) is 10.5. The molecule has 2 amide bonds. The SMILES string of the molecule is CCOC(=O)c1c(NC(=O)C(CC)Sc2cccc(NC(=O)c3ccc(C(=O)O)cc3C(=O)O)c2)sc2c1CCC(C(C)(C)C)C2. The number of thioether (sulfide) groups is 1. The molecule has 0 fully saturated rings. The quantitative estimate of drug-likeness (QED) is 0.122. The third-order valence-electron chi connectivity index (χ3n) is 7.98. The topological polar surface area (TPSA) is 159 Å². The number of esters is 1. The third kappa shape index (κ3) is 7.97. The van der Waals surface area contributed by atoms with Crippen molar-refractivity contribution >= 4 is 63.5 Å². The monoisotopic (exact) mass is 666 g/mol. The molecule has 0 radical (unpaired) electrons. The molecule has 0 aliphatic heterocycles. The first-order valence-electron chi connectivity index (χ1n) is 15.0. The van der Waals surface area contributed by atoms with Gasteiger partial charge in [-0.15, -0.1) is 23.1 Å². The fourth-order valence-electron chi connectivity index (χ4n) is 5.41. The van der Waals surface area contributed by atoms with Crippen molar-refractivity contribution in [1.82, 2.24) is 0 Å². The number of hydrogen-bond acceptors (Lipinski definition) is 8. The maximum absolute atomic E-state index is 13.6. The van der Waals surface area contributed by atoms with Crippen molar-refractivity contribution in [3.8, 4) is 0 Å². The van der Waals surface area contributed by atoms with E-state index in [1.54, 1.807) is 31.2 Å². The molecule has 1 heterocycles. The lowest BCUT2D eigenvalue weighted by atomic mass is 9.72. The molecule has 3 aromatic rings. The van der Waals surface area contributed by atoms with Crippen molar-refractivity contribution in [2.24, 2.45) is 11.3 Å². The van der Waals surface area contributed by atoms with Crippen LogP contribution in [0.5, 0.6) is 0 Å². The molecule has 2 unspecified atom stereocenters. The highest BCUT2D eigenvalue weighted by Crippen LogP contribution is 2.45. The maximum atomic E-state index is 13.6. The number of carboxylic acids is 2. The Balaban J connectivity index is 1.52. The second-order valence-corrected chi connectivity index (χ2v) is 14.5. The Bertz CT molecular complexity index is 1670. The van der Waals surface area contributed by atoms with Crippen LogP contribution in [0.25, 0.3) is 0 Å². The second-order valence-electron chi connectivity index (χ2n) is 12.1. The van der Waals surface area contributed by atoms with Crippen LogP contribution < -0.4 is 10.6 Å². The molecule has 12 heteroatoms. The van der Waals surface area contributed by atoms with Crippen molar-refractivity contribution in [2.75, 3.05) is 17.2 Å². The van der Waals surface area contributed by atoms with Crippen molar-refractivity contribution in [3.05, 3.63) is 75.2 Å². The van der Waals surface area contributed by atoms with Crippen LogP contribution in [-0.2, 0) is 22.4 Å². The summed E-state index contributed by atoms with van der Waals surface area (Å²) in [7, 11) is 0. The highest BCUT2D eigenvalue weighted by molar-refractivity contribution is 8.00. The zero-order chi connectivity index (χ0) is 33.8. The molecule has 2 aromatic carbocycles. The Morgan fingerprint density at radius 1 is 1.00 bits per heavy atom. The lowest BCUT2D eigenvalue weighted by molar-refractivity contribution is -0.115. The van der Waals surface area contributed by atoms with Crippen molar-refractivity contribution in [2.45, 2.75) is 70.4 Å². The van der Waals surface area contributed by atoms with Crippen LogP contribution in [0.3, 0.4) is 0 Å². The normalized spacial score (nSPS) is 14.9. The van der Waals surface area contributed by atoms with Gasteiger partial charge in [0, 0.05) is 15.5 Å². The molecule has 0 saturated carbocycles. The number of rotatable bonds is 11. The van der Waals surface area contributed by atoms with Gasteiger partial charge in [0.15, 0.2) is 0 Å². The van der Waals surface area contributed by atoms with Crippen LogP contribution in [0.4, 0.5) is 10.7 Å². The van der Waals surface area contributed by atoms with E-state index in [1.807, 2.05) is 6.92 Å². The molecule has 244 valence electrons. The van der Waals surface area contributed by atoms with Gasteiger partial charge in [-0.2, -0.15) is 0 Å². The number of carbonyl (C=O) groups excluding carboxylic acids is 3. The highest BCUT2D eigenvalue weighted by atomic mass is 32.2. The predicted molar refractivity (Wildman–Crippen MR) is 179 cm³/mol. The minimum absolute atomic E-state index is 0.122. The van der Waals surface area contributed by atoms with Gasteiger partial charge in [-0.3, -0.25) is 9.59 Å². The lowest BCUT2D eigenvalue weighted by Crippen LogP contribution is -2.27. The van der Waals surface area contributed by atoms with E-state index in [2.05, 4.69) is 31.4 Å². The van der Waals surface area contributed by atoms with E-state index in [4.69, 9.17) is 4.74 Å². The smallest absolute Gasteiger partial charge is 0.341 e. The van der Waals surface area contributed by atoms with E-state index in [0.29, 0.717) is 33.5 Å². The first-order valence-corrected chi connectivity index (χ1v) is 16.7. The Hall–Kier alpha value is -4.16. The summed E-state index contributed by atoms with van der Waals surface area (Å²) in [5.74, 6) is -3.69. The minimum Gasteiger partial charge on any atom is -0.478 e. The molecule has 46 heavy (non-hydrogen) atoms. The molecule has 4 rings (SSSR count). The van der Waals surface area contributed by atoms with Gasteiger partial charge in [0.1, 0.15) is 5.00 Å². The van der Waals surface area contributed by atoms with E-state index in [0.717, 1.165) is 41.8 Å². The molecule has 10 nitrogen and oxygen atoms in total. The highest BCUT2D eigenvalue weighted by Gasteiger charge is 2.35. The summed E-state index contributed by atoms with van der Waals surface area (Å²) in [5.41, 5.74) is 1.03. The van der Waals surface area contributed by atoms with Crippen LogP contribution in [-0.4, -0.2) is 51.8 Å². The molecule has 0 spiro atoms. The van der Waals surface area contributed by atoms with Crippen molar-refractivity contribution in [3.63, 3.8) is 0 Å². The fourth-order valence-corrected chi connectivity index (χ4v) is 7.74. The number of carbonyl (C=O) groups is 5. The van der Waals surface area contributed by atoms with Crippen molar-refractivity contribution < 1.29 is 38.9 Å². The van der Waals surface area contributed by atoms with Crippen LogP contribution in [0.2, 0.25) is 0 Å². The van der Waals surface area contributed by atoms with Gasteiger partial charge < -0.3 is 25.6 Å². The first kappa shape index (κ1) is 34.7. The number of carboxylic acid groups (broad SMARTS) is 2. The number of anilines is 2. The number of amides is 2. The summed E-state index contributed by atoms with van der Waals surface area (Å²) >= 11 is 2.74. The molecule has 1 aliphatic rings. The van der Waals surface area contributed by atoms with E-state index in [1.165, 1.54) is 29.2 Å². The number of nitrogens with one attached hydrogen (secondary N) is 2. The summed E-state index contributed by atoms with van der Waals surface area (Å²) in [6.07, 6.45) is 3.03. The third-order valence-corrected chi connectivity index (χ3v) is 10.5. The van der Waals surface area contributed by atoms with E-state index >= 15 is 0 Å².